The Hall–Kier alpha value is -0.610. The first-order valence-electron chi connectivity index (χ1n) is 6.69. The minimum Gasteiger partial charge on any atom is -0.468 e. The maximum absolute atomic E-state index is 12.0. The van der Waals surface area contributed by atoms with Crippen molar-refractivity contribution in [3.05, 3.63) is 0 Å². The lowest BCUT2D eigenvalue weighted by atomic mass is 10.0. The standard InChI is InChI=1S/C13H24N2O2/c1-4-15(11-7-8-11)9-13(2,12(16)17-3)14-10-5-6-10/h10-11,14H,4-9H2,1-3H3. The monoisotopic (exact) mass is 240 g/mol. The maximum Gasteiger partial charge on any atom is 0.327 e. The summed E-state index contributed by atoms with van der Waals surface area (Å²) in [6.45, 7) is 5.90. The van der Waals surface area contributed by atoms with Gasteiger partial charge in [-0.1, -0.05) is 6.92 Å². The molecule has 0 aliphatic heterocycles. The molecule has 0 amide bonds. The molecule has 98 valence electrons. The number of hydrogen-bond donors (Lipinski definition) is 1. The fourth-order valence-corrected chi connectivity index (χ4v) is 2.42. The molecular formula is C13H24N2O2. The number of nitrogens with one attached hydrogen (secondary N) is 1. The Morgan fingerprint density at radius 2 is 2.06 bits per heavy atom. The molecular weight excluding hydrogens is 216 g/mol. The number of nitrogens with zero attached hydrogens (tertiary/aromatic N) is 1. The van der Waals surface area contributed by atoms with Crippen LogP contribution in [0.3, 0.4) is 0 Å². The zero-order chi connectivity index (χ0) is 12.5. The summed E-state index contributed by atoms with van der Waals surface area (Å²) in [5.41, 5.74) is -0.547. The number of carbonyl (C=O) groups is 1. The van der Waals surface area contributed by atoms with E-state index in [1.165, 1.54) is 32.8 Å². The molecule has 17 heavy (non-hydrogen) atoms. The predicted octanol–water partition coefficient (Wildman–Crippen LogP) is 1.15. The van der Waals surface area contributed by atoms with Gasteiger partial charge in [-0.2, -0.15) is 0 Å². The Kier molecular flexibility index (Phi) is 3.73. The van der Waals surface area contributed by atoms with Gasteiger partial charge in [-0.3, -0.25) is 15.0 Å². The zero-order valence-corrected chi connectivity index (χ0v) is 11.2. The van der Waals surface area contributed by atoms with Crippen molar-refractivity contribution in [1.82, 2.24) is 10.2 Å². The van der Waals surface area contributed by atoms with Gasteiger partial charge in [0.2, 0.25) is 0 Å². The Balaban J connectivity index is 1.99. The van der Waals surface area contributed by atoms with E-state index in [0.29, 0.717) is 12.1 Å². The lowest BCUT2D eigenvalue weighted by Crippen LogP contribution is -2.58. The van der Waals surface area contributed by atoms with Crippen LogP contribution in [0.5, 0.6) is 0 Å². The molecule has 0 aromatic carbocycles. The summed E-state index contributed by atoms with van der Waals surface area (Å²) in [4.78, 5) is 14.4. The fourth-order valence-electron chi connectivity index (χ4n) is 2.42. The van der Waals surface area contributed by atoms with Gasteiger partial charge in [-0.05, 0) is 39.2 Å². The van der Waals surface area contributed by atoms with Crippen molar-refractivity contribution >= 4 is 5.97 Å². The van der Waals surface area contributed by atoms with Crippen LogP contribution in [-0.2, 0) is 9.53 Å². The van der Waals surface area contributed by atoms with Crippen LogP contribution in [0.15, 0.2) is 0 Å². The Morgan fingerprint density at radius 1 is 1.41 bits per heavy atom. The van der Waals surface area contributed by atoms with Crippen molar-refractivity contribution in [3.8, 4) is 0 Å². The van der Waals surface area contributed by atoms with Crippen LogP contribution < -0.4 is 5.32 Å². The number of hydrogen-bond acceptors (Lipinski definition) is 4. The molecule has 0 saturated heterocycles. The third kappa shape index (κ3) is 3.19. The topological polar surface area (TPSA) is 41.6 Å². The summed E-state index contributed by atoms with van der Waals surface area (Å²) in [5, 5.41) is 3.45. The van der Waals surface area contributed by atoms with Gasteiger partial charge in [0, 0.05) is 18.6 Å². The summed E-state index contributed by atoms with van der Waals surface area (Å²) < 4.78 is 4.96. The molecule has 2 rings (SSSR count). The second kappa shape index (κ2) is 4.94. The molecule has 2 aliphatic rings. The lowest BCUT2D eigenvalue weighted by molar-refractivity contribution is -0.149. The van der Waals surface area contributed by atoms with Crippen LogP contribution >= 0.6 is 0 Å². The molecule has 2 fully saturated rings. The van der Waals surface area contributed by atoms with Crippen LogP contribution in [0.2, 0.25) is 0 Å². The van der Waals surface area contributed by atoms with Gasteiger partial charge in [0.05, 0.1) is 7.11 Å². The molecule has 2 saturated carbocycles. The van der Waals surface area contributed by atoms with E-state index in [-0.39, 0.29) is 5.97 Å². The van der Waals surface area contributed by atoms with Crippen LogP contribution in [0, 0.1) is 0 Å². The first-order valence-corrected chi connectivity index (χ1v) is 6.69. The third-order valence-electron chi connectivity index (χ3n) is 3.72. The molecule has 1 N–H and O–H groups in total. The van der Waals surface area contributed by atoms with E-state index in [0.717, 1.165) is 13.1 Å². The predicted molar refractivity (Wildman–Crippen MR) is 66.8 cm³/mol. The average molecular weight is 240 g/mol. The molecule has 4 heteroatoms. The fraction of sp³-hybridized carbons (Fsp3) is 0.923. The molecule has 1 atom stereocenters. The third-order valence-corrected chi connectivity index (χ3v) is 3.72. The summed E-state index contributed by atoms with van der Waals surface area (Å²) in [6, 6.07) is 1.20. The average Bonchev–Trinajstić information content (AvgIpc) is 3.16. The highest BCUT2D eigenvalue weighted by atomic mass is 16.5. The molecule has 4 nitrogen and oxygen atoms in total. The van der Waals surface area contributed by atoms with Gasteiger partial charge in [-0.25, -0.2) is 0 Å². The number of rotatable bonds is 7. The van der Waals surface area contributed by atoms with E-state index >= 15 is 0 Å². The zero-order valence-electron chi connectivity index (χ0n) is 11.2. The summed E-state index contributed by atoms with van der Waals surface area (Å²) in [7, 11) is 1.47. The second-order valence-corrected chi connectivity index (χ2v) is 5.54. The van der Waals surface area contributed by atoms with Gasteiger partial charge in [0.15, 0.2) is 0 Å². The van der Waals surface area contributed by atoms with Crippen molar-refractivity contribution in [3.63, 3.8) is 0 Å². The van der Waals surface area contributed by atoms with Gasteiger partial charge in [-0.15, -0.1) is 0 Å². The van der Waals surface area contributed by atoms with Gasteiger partial charge < -0.3 is 4.74 Å². The number of methoxy groups -OCH3 is 1. The molecule has 0 spiro atoms. The Morgan fingerprint density at radius 3 is 2.47 bits per heavy atom. The summed E-state index contributed by atoms with van der Waals surface area (Å²) in [5.74, 6) is -0.136. The lowest BCUT2D eigenvalue weighted by Gasteiger charge is -2.34. The number of likely N-dealkylation sites (N-methyl/N-ethyl adjacent to an activating group) is 1. The van der Waals surface area contributed by atoms with Crippen LogP contribution in [0.1, 0.15) is 39.5 Å². The van der Waals surface area contributed by atoms with Crippen molar-refractivity contribution in [1.29, 1.82) is 0 Å². The minimum absolute atomic E-state index is 0.136. The highest BCUT2D eigenvalue weighted by Gasteiger charge is 2.42. The van der Waals surface area contributed by atoms with E-state index in [1.54, 1.807) is 0 Å². The molecule has 0 radical (unpaired) electrons. The highest BCUT2D eigenvalue weighted by molar-refractivity contribution is 5.80. The Labute approximate surface area is 104 Å². The van der Waals surface area contributed by atoms with Crippen molar-refractivity contribution in [2.45, 2.75) is 57.2 Å². The smallest absolute Gasteiger partial charge is 0.327 e. The maximum atomic E-state index is 12.0. The quantitative estimate of drug-likeness (QED) is 0.678. The summed E-state index contributed by atoms with van der Waals surface area (Å²) in [6.07, 6.45) is 4.91. The van der Waals surface area contributed by atoms with Crippen molar-refractivity contribution in [2.75, 3.05) is 20.2 Å². The molecule has 0 heterocycles. The molecule has 0 bridgehead atoms. The van der Waals surface area contributed by atoms with E-state index in [9.17, 15) is 4.79 Å². The molecule has 2 aliphatic carbocycles. The first-order chi connectivity index (χ1) is 8.09. The minimum atomic E-state index is -0.547. The van der Waals surface area contributed by atoms with E-state index in [2.05, 4.69) is 17.1 Å². The van der Waals surface area contributed by atoms with E-state index in [1.807, 2.05) is 6.92 Å². The van der Waals surface area contributed by atoms with Crippen LogP contribution in [0.25, 0.3) is 0 Å². The van der Waals surface area contributed by atoms with E-state index in [4.69, 9.17) is 4.74 Å². The number of carbonyl (C=O) groups excluding carboxylic acids is 1. The number of esters is 1. The van der Waals surface area contributed by atoms with Crippen molar-refractivity contribution < 1.29 is 9.53 Å². The Bertz CT molecular complexity index is 287. The molecule has 0 aromatic heterocycles. The van der Waals surface area contributed by atoms with Gasteiger partial charge >= 0.3 is 5.97 Å². The molecule has 0 aromatic rings. The van der Waals surface area contributed by atoms with Gasteiger partial charge in [0.25, 0.3) is 0 Å². The van der Waals surface area contributed by atoms with Crippen molar-refractivity contribution in [2.24, 2.45) is 0 Å². The second-order valence-electron chi connectivity index (χ2n) is 5.54. The summed E-state index contributed by atoms with van der Waals surface area (Å²) >= 11 is 0. The van der Waals surface area contributed by atoms with Crippen LogP contribution in [-0.4, -0.2) is 48.7 Å². The highest BCUT2D eigenvalue weighted by Crippen LogP contribution is 2.29. The van der Waals surface area contributed by atoms with Gasteiger partial charge in [0.1, 0.15) is 5.54 Å². The molecule has 1 unspecified atom stereocenters. The normalized spacial score (nSPS) is 23.5. The van der Waals surface area contributed by atoms with Crippen LogP contribution in [0.4, 0.5) is 0 Å². The first kappa shape index (κ1) is 12.8. The van der Waals surface area contributed by atoms with E-state index < -0.39 is 5.54 Å². The number of ether oxygens (including phenoxy) is 1. The largest absolute Gasteiger partial charge is 0.468 e. The SMILES string of the molecule is CCN(CC(C)(NC1CC1)C(=O)OC)C1CC1.